The fourth-order valence-electron chi connectivity index (χ4n) is 3.42. The summed E-state index contributed by atoms with van der Waals surface area (Å²) in [5, 5.41) is 12.8. The second-order valence-corrected chi connectivity index (χ2v) is 6.09. The Kier molecular flexibility index (Phi) is 6.31. The van der Waals surface area contributed by atoms with E-state index in [4.69, 9.17) is 7.85 Å². The molecule has 4 heteroatoms. The number of nitrogens with one attached hydrogen (secondary N) is 1. The second kappa shape index (κ2) is 8.23. The van der Waals surface area contributed by atoms with Gasteiger partial charge in [-0.15, -0.1) is 0 Å². The number of carbonyl (C=O) groups is 1. The lowest BCUT2D eigenvalue weighted by atomic mass is 9.88. The number of hydrogen-bond donors (Lipinski definition) is 2. The molecule has 1 aromatic rings. The average Bonchev–Trinajstić information content (AvgIpc) is 2.90. The Morgan fingerprint density at radius 2 is 2.05 bits per heavy atom. The van der Waals surface area contributed by atoms with Gasteiger partial charge in [0.05, 0.1) is 13.8 Å². The van der Waals surface area contributed by atoms with Crippen LogP contribution in [-0.4, -0.2) is 25.5 Å². The summed E-state index contributed by atoms with van der Waals surface area (Å²) in [5.74, 6) is -0.0465. The maximum absolute atomic E-state index is 11.4. The normalized spacial score (nSPS) is 25.0. The molecule has 3 nitrogen and oxygen atoms in total. The van der Waals surface area contributed by atoms with Gasteiger partial charge in [-0.3, -0.25) is 4.79 Å². The zero-order valence-electron chi connectivity index (χ0n) is 12.5. The number of carboxylic acids is 1. The molecule has 0 bridgehead atoms. The van der Waals surface area contributed by atoms with Crippen molar-refractivity contribution in [3.8, 4) is 0 Å². The first-order valence-electron chi connectivity index (χ1n) is 7.88. The van der Waals surface area contributed by atoms with Crippen LogP contribution in [0.3, 0.4) is 0 Å². The van der Waals surface area contributed by atoms with Gasteiger partial charge in [0.1, 0.15) is 0 Å². The summed E-state index contributed by atoms with van der Waals surface area (Å²) in [6.45, 7) is 1.75. The predicted octanol–water partition coefficient (Wildman–Crippen LogP) is 2.87. The van der Waals surface area contributed by atoms with Crippen molar-refractivity contribution < 1.29 is 9.90 Å². The molecule has 1 aliphatic rings. The summed E-state index contributed by atoms with van der Waals surface area (Å²) in [7, 11) is 5.55. The average molecular weight is 285 g/mol. The quantitative estimate of drug-likeness (QED) is 0.722. The highest BCUT2D eigenvalue weighted by atomic mass is 16.4. The molecule has 0 aliphatic heterocycles. The molecule has 1 fully saturated rings. The van der Waals surface area contributed by atoms with Gasteiger partial charge in [-0.2, -0.15) is 0 Å². The van der Waals surface area contributed by atoms with E-state index in [-0.39, 0.29) is 5.92 Å². The maximum Gasteiger partial charge on any atom is 0.306 e. The SMILES string of the molecule is [B]CCC[C@H]1CC(CNCc2ccccc2)C[C@H]1C(=O)O. The molecule has 0 amide bonds. The van der Waals surface area contributed by atoms with Crippen molar-refractivity contribution in [2.45, 2.75) is 38.5 Å². The topological polar surface area (TPSA) is 49.3 Å². The molecular formula is C17H24BNO2. The van der Waals surface area contributed by atoms with E-state index in [1.54, 1.807) is 0 Å². The highest BCUT2D eigenvalue weighted by Crippen LogP contribution is 2.39. The lowest BCUT2D eigenvalue weighted by molar-refractivity contribution is -0.143. The molecular weight excluding hydrogens is 261 g/mol. The van der Waals surface area contributed by atoms with Crippen molar-refractivity contribution in [1.82, 2.24) is 5.32 Å². The summed E-state index contributed by atoms with van der Waals surface area (Å²) in [6.07, 6.45) is 4.34. The van der Waals surface area contributed by atoms with Gasteiger partial charge in [0, 0.05) is 6.54 Å². The van der Waals surface area contributed by atoms with Gasteiger partial charge in [-0.1, -0.05) is 49.5 Å². The van der Waals surface area contributed by atoms with E-state index in [0.717, 1.165) is 38.8 Å². The highest BCUT2D eigenvalue weighted by Gasteiger charge is 2.37. The molecule has 1 saturated carbocycles. The smallest absolute Gasteiger partial charge is 0.306 e. The molecule has 0 heterocycles. The van der Waals surface area contributed by atoms with E-state index in [0.29, 0.717) is 18.2 Å². The van der Waals surface area contributed by atoms with Crippen LogP contribution in [0.25, 0.3) is 0 Å². The fourth-order valence-corrected chi connectivity index (χ4v) is 3.42. The standard InChI is InChI=1S/C17H24BNO2/c18-8-4-7-15-9-14(10-16(15)17(20)21)12-19-11-13-5-2-1-3-6-13/h1-3,5-6,14-16,19H,4,7-12H2,(H,20,21)/t14?,15-,16+/m0/s1. The molecule has 2 rings (SSSR count). The van der Waals surface area contributed by atoms with E-state index in [1.807, 2.05) is 18.2 Å². The van der Waals surface area contributed by atoms with Gasteiger partial charge in [-0.05, 0) is 36.8 Å². The third kappa shape index (κ3) is 4.89. The Balaban J connectivity index is 1.77. The van der Waals surface area contributed by atoms with Gasteiger partial charge in [0.25, 0.3) is 0 Å². The lowest BCUT2D eigenvalue weighted by Crippen LogP contribution is -2.21. The molecule has 0 saturated heterocycles. The van der Waals surface area contributed by atoms with Crippen LogP contribution in [0.15, 0.2) is 30.3 Å². The molecule has 112 valence electrons. The zero-order valence-corrected chi connectivity index (χ0v) is 12.5. The van der Waals surface area contributed by atoms with Crippen molar-refractivity contribution in [2.75, 3.05) is 6.54 Å². The van der Waals surface area contributed by atoms with Crippen molar-refractivity contribution in [2.24, 2.45) is 17.8 Å². The Morgan fingerprint density at radius 3 is 2.71 bits per heavy atom. The molecule has 0 aromatic heterocycles. The minimum atomic E-state index is -0.636. The largest absolute Gasteiger partial charge is 0.481 e. The van der Waals surface area contributed by atoms with Gasteiger partial charge < -0.3 is 10.4 Å². The summed E-state index contributed by atoms with van der Waals surface area (Å²) in [4.78, 5) is 11.4. The monoisotopic (exact) mass is 285 g/mol. The van der Waals surface area contributed by atoms with Crippen LogP contribution in [0.2, 0.25) is 6.32 Å². The minimum Gasteiger partial charge on any atom is -0.481 e. The van der Waals surface area contributed by atoms with Crippen LogP contribution in [-0.2, 0) is 11.3 Å². The predicted molar refractivity (Wildman–Crippen MR) is 85.3 cm³/mol. The Hall–Kier alpha value is -1.29. The van der Waals surface area contributed by atoms with E-state index in [1.165, 1.54) is 5.56 Å². The van der Waals surface area contributed by atoms with E-state index < -0.39 is 5.97 Å². The van der Waals surface area contributed by atoms with Crippen molar-refractivity contribution >= 4 is 13.8 Å². The van der Waals surface area contributed by atoms with Gasteiger partial charge >= 0.3 is 5.97 Å². The number of hydrogen-bond acceptors (Lipinski definition) is 2. The molecule has 21 heavy (non-hydrogen) atoms. The Morgan fingerprint density at radius 1 is 1.29 bits per heavy atom. The van der Waals surface area contributed by atoms with E-state index in [9.17, 15) is 9.90 Å². The van der Waals surface area contributed by atoms with Crippen LogP contribution in [0.1, 0.15) is 31.2 Å². The number of rotatable bonds is 8. The third-order valence-electron chi connectivity index (χ3n) is 4.49. The lowest BCUT2D eigenvalue weighted by Gasteiger charge is -2.14. The Labute approximate surface area is 128 Å². The van der Waals surface area contributed by atoms with Crippen molar-refractivity contribution in [3.05, 3.63) is 35.9 Å². The van der Waals surface area contributed by atoms with Crippen molar-refractivity contribution in [1.29, 1.82) is 0 Å². The molecule has 2 radical (unpaired) electrons. The molecule has 0 spiro atoms. The number of aliphatic carboxylic acids is 1. The van der Waals surface area contributed by atoms with Crippen LogP contribution in [0.4, 0.5) is 0 Å². The van der Waals surface area contributed by atoms with Gasteiger partial charge in [0.2, 0.25) is 0 Å². The summed E-state index contributed by atoms with van der Waals surface area (Å²) < 4.78 is 0. The number of benzene rings is 1. The fraction of sp³-hybridized carbons (Fsp3) is 0.588. The summed E-state index contributed by atoms with van der Waals surface area (Å²) in [5.41, 5.74) is 1.27. The summed E-state index contributed by atoms with van der Waals surface area (Å²) in [6, 6.07) is 10.3. The van der Waals surface area contributed by atoms with Crippen molar-refractivity contribution in [3.63, 3.8) is 0 Å². The molecule has 3 atom stereocenters. The first kappa shape index (κ1) is 16.1. The third-order valence-corrected chi connectivity index (χ3v) is 4.49. The van der Waals surface area contributed by atoms with Crippen LogP contribution >= 0.6 is 0 Å². The Bertz CT molecular complexity index is 438. The second-order valence-electron chi connectivity index (χ2n) is 6.09. The summed E-state index contributed by atoms with van der Waals surface area (Å²) >= 11 is 0. The minimum absolute atomic E-state index is 0.180. The van der Waals surface area contributed by atoms with Crippen LogP contribution < -0.4 is 5.32 Å². The first-order chi connectivity index (χ1) is 10.2. The molecule has 1 aromatic carbocycles. The van der Waals surface area contributed by atoms with Gasteiger partial charge in [0.15, 0.2) is 0 Å². The zero-order chi connectivity index (χ0) is 15.1. The van der Waals surface area contributed by atoms with E-state index >= 15 is 0 Å². The molecule has 2 N–H and O–H groups in total. The first-order valence-corrected chi connectivity index (χ1v) is 7.88. The highest BCUT2D eigenvalue weighted by molar-refractivity contribution is 6.08. The van der Waals surface area contributed by atoms with Crippen LogP contribution in [0, 0.1) is 17.8 Å². The molecule has 1 unspecified atom stereocenters. The molecule has 1 aliphatic carbocycles. The maximum atomic E-state index is 11.4. The van der Waals surface area contributed by atoms with Crippen LogP contribution in [0.5, 0.6) is 0 Å². The van der Waals surface area contributed by atoms with E-state index in [2.05, 4.69) is 17.4 Å². The number of carboxylic acid groups (broad SMARTS) is 1. The van der Waals surface area contributed by atoms with Gasteiger partial charge in [-0.25, -0.2) is 0 Å².